The molecule has 0 aromatic rings. The summed E-state index contributed by atoms with van der Waals surface area (Å²) in [4.78, 5) is 6.61. The van der Waals surface area contributed by atoms with E-state index in [0.717, 1.165) is 38.8 Å². The fourth-order valence-electron chi connectivity index (χ4n) is 1.49. The lowest BCUT2D eigenvalue weighted by molar-refractivity contribution is 0.239. The van der Waals surface area contributed by atoms with Crippen LogP contribution in [0.2, 0.25) is 0 Å². The Labute approximate surface area is 72.6 Å². The summed E-state index contributed by atoms with van der Waals surface area (Å²) in [5, 5.41) is 3.30. The van der Waals surface area contributed by atoms with E-state index in [2.05, 4.69) is 22.1 Å². The van der Waals surface area contributed by atoms with E-state index >= 15 is 0 Å². The third kappa shape index (κ3) is 1.53. The molecule has 2 rings (SSSR count). The highest BCUT2D eigenvalue weighted by Crippen LogP contribution is 2.07. The van der Waals surface area contributed by atoms with E-state index < -0.39 is 0 Å². The minimum Gasteiger partial charge on any atom is -0.463 e. The standard InChI is InChI=1S/C8H15N3O/c1-7-6-12-8(10-7)11-4-2-9-3-5-11/h7,9H,2-6H2,1H3/t7-/m1/s1. The van der Waals surface area contributed by atoms with Gasteiger partial charge in [0.25, 0.3) is 6.02 Å². The number of aliphatic imine (C=N–C) groups is 1. The molecule has 0 unspecified atom stereocenters. The van der Waals surface area contributed by atoms with Gasteiger partial charge in [-0.05, 0) is 6.92 Å². The van der Waals surface area contributed by atoms with Crippen LogP contribution in [-0.4, -0.2) is 49.7 Å². The molecule has 0 aromatic heterocycles. The van der Waals surface area contributed by atoms with Gasteiger partial charge in [-0.1, -0.05) is 0 Å². The number of ether oxygens (including phenoxy) is 1. The van der Waals surface area contributed by atoms with Crippen molar-refractivity contribution in [2.24, 2.45) is 4.99 Å². The first-order valence-corrected chi connectivity index (χ1v) is 4.52. The van der Waals surface area contributed by atoms with E-state index in [-0.39, 0.29) is 0 Å². The van der Waals surface area contributed by atoms with Crippen LogP contribution >= 0.6 is 0 Å². The quantitative estimate of drug-likeness (QED) is 0.539. The van der Waals surface area contributed by atoms with Crippen LogP contribution in [0, 0.1) is 0 Å². The number of nitrogens with one attached hydrogen (secondary N) is 1. The molecule has 2 aliphatic rings. The van der Waals surface area contributed by atoms with Gasteiger partial charge in [0.05, 0.1) is 6.04 Å². The SMILES string of the molecule is C[C@@H]1COC(N2CCNCC2)=N1. The summed E-state index contributed by atoms with van der Waals surface area (Å²) in [7, 11) is 0. The maximum atomic E-state index is 5.45. The van der Waals surface area contributed by atoms with Crippen LogP contribution in [-0.2, 0) is 4.74 Å². The predicted molar refractivity (Wildman–Crippen MR) is 47.3 cm³/mol. The van der Waals surface area contributed by atoms with E-state index in [9.17, 15) is 0 Å². The summed E-state index contributed by atoms with van der Waals surface area (Å²) in [6.45, 7) is 6.94. The van der Waals surface area contributed by atoms with E-state index in [1.54, 1.807) is 0 Å². The Kier molecular flexibility index (Phi) is 2.17. The molecule has 4 heteroatoms. The Morgan fingerprint density at radius 3 is 2.83 bits per heavy atom. The molecule has 0 aromatic carbocycles. The maximum Gasteiger partial charge on any atom is 0.287 e. The van der Waals surface area contributed by atoms with Crippen molar-refractivity contribution in [2.45, 2.75) is 13.0 Å². The molecular formula is C8H15N3O. The largest absolute Gasteiger partial charge is 0.463 e. The molecule has 0 spiro atoms. The molecule has 12 heavy (non-hydrogen) atoms. The van der Waals surface area contributed by atoms with E-state index in [1.165, 1.54) is 0 Å². The van der Waals surface area contributed by atoms with Crippen LogP contribution in [0.3, 0.4) is 0 Å². The van der Waals surface area contributed by atoms with Crippen molar-refractivity contribution in [3.05, 3.63) is 0 Å². The summed E-state index contributed by atoms with van der Waals surface area (Å²) in [5.74, 6) is 0. The topological polar surface area (TPSA) is 36.9 Å². The van der Waals surface area contributed by atoms with E-state index in [4.69, 9.17) is 4.74 Å². The third-order valence-electron chi connectivity index (χ3n) is 2.17. The average Bonchev–Trinajstić information content (AvgIpc) is 2.54. The number of hydrogen-bond donors (Lipinski definition) is 1. The van der Waals surface area contributed by atoms with Gasteiger partial charge in [-0.15, -0.1) is 0 Å². The van der Waals surface area contributed by atoms with Gasteiger partial charge < -0.3 is 15.0 Å². The molecular weight excluding hydrogens is 154 g/mol. The van der Waals surface area contributed by atoms with Gasteiger partial charge in [-0.25, -0.2) is 4.99 Å². The first-order chi connectivity index (χ1) is 5.86. The van der Waals surface area contributed by atoms with Crippen LogP contribution in [0.5, 0.6) is 0 Å². The van der Waals surface area contributed by atoms with Gasteiger partial charge in [-0.3, -0.25) is 0 Å². The highest BCUT2D eigenvalue weighted by Gasteiger charge is 2.21. The summed E-state index contributed by atoms with van der Waals surface area (Å²) in [6, 6.07) is 1.19. The Morgan fingerprint density at radius 2 is 2.25 bits per heavy atom. The van der Waals surface area contributed by atoms with Gasteiger partial charge >= 0.3 is 0 Å². The maximum absolute atomic E-state index is 5.45. The van der Waals surface area contributed by atoms with Crippen molar-refractivity contribution < 1.29 is 4.74 Å². The number of amidine groups is 1. The van der Waals surface area contributed by atoms with Crippen LogP contribution in [0.4, 0.5) is 0 Å². The Bertz CT molecular complexity index is 187. The smallest absolute Gasteiger partial charge is 0.287 e. The Balaban J connectivity index is 1.94. The molecule has 4 nitrogen and oxygen atoms in total. The molecule has 0 aliphatic carbocycles. The molecule has 2 aliphatic heterocycles. The lowest BCUT2D eigenvalue weighted by Gasteiger charge is -2.27. The van der Waals surface area contributed by atoms with Crippen LogP contribution < -0.4 is 5.32 Å². The second-order valence-electron chi connectivity index (χ2n) is 3.31. The second kappa shape index (κ2) is 3.31. The highest BCUT2D eigenvalue weighted by atomic mass is 16.5. The van der Waals surface area contributed by atoms with Crippen LogP contribution in [0.15, 0.2) is 4.99 Å². The summed E-state index contributed by atoms with van der Waals surface area (Å²) >= 11 is 0. The zero-order valence-corrected chi connectivity index (χ0v) is 7.42. The highest BCUT2D eigenvalue weighted by molar-refractivity contribution is 5.75. The summed E-state index contributed by atoms with van der Waals surface area (Å²) < 4.78 is 5.45. The minimum absolute atomic E-state index is 0.342. The first-order valence-electron chi connectivity index (χ1n) is 4.52. The first kappa shape index (κ1) is 7.86. The van der Waals surface area contributed by atoms with Crippen molar-refractivity contribution in [2.75, 3.05) is 32.8 Å². The summed E-state index contributed by atoms with van der Waals surface area (Å²) in [6.07, 6.45) is 0. The number of piperazine rings is 1. The molecule has 0 bridgehead atoms. The molecule has 1 N–H and O–H groups in total. The molecule has 68 valence electrons. The Morgan fingerprint density at radius 1 is 1.50 bits per heavy atom. The van der Waals surface area contributed by atoms with E-state index in [0.29, 0.717) is 6.04 Å². The molecule has 2 heterocycles. The molecule has 1 saturated heterocycles. The van der Waals surface area contributed by atoms with Gasteiger partial charge in [0.15, 0.2) is 0 Å². The molecule has 1 atom stereocenters. The van der Waals surface area contributed by atoms with Gasteiger partial charge in [-0.2, -0.15) is 0 Å². The third-order valence-corrected chi connectivity index (χ3v) is 2.17. The van der Waals surface area contributed by atoms with Crippen LogP contribution in [0.1, 0.15) is 6.92 Å². The van der Waals surface area contributed by atoms with E-state index in [1.807, 2.05) is 0 Å². The zero-order chi connectivity index (χ0) is 8.39. The molecule has 0 amide bonds. The van der Waals surface area contributed by atoms with Gasteiger partial charge in [0, 0.05) is 26.2 Å². The van der Waals surface area contributed by atoms with Gasteiger partial charge in [0.1, 0.15) is 6.61 Å². The predicted octanol–water partition coefficient (Wildman–Crippen LogP) is -0.334. The average molecular weight is 169 g/mol. The van der Waals surface area contributed by atoms with Crippen LogP contribution in [0.25, 0.3) is 0 Å². The number of nitrogens with zero attached hydrogens (tertiary/aromatic N) is 2. The molecule has 1 fully saturated rings. The molecule has 0 radical (unpaired) electrons. The van der Waals surface area contributed by atoms with Crippen molar-refractivity contribution in [1.29, 1.82) is 0 Å². The Hall–Kier alpha value is -0.770. The lowest BCUT2D eigenvalue weighted by atomic mass is 10.4. The monoisotopic (exact) mass is 169 g/mol. The summed E-state index contributed by atoms with van der Waals surface area (Å²) in [5.41, 5.74) is 0. The zero-order valence-electron chi connectivity index (χ0n) is 7.42. The number of hydrogen-bond acceptors (Lipinski definition) is 4. The van der Waals surface area contributed by atoms with Gasteiger partial charge in [0.2, 0.25) is 0 Å². The van der Waals surface area contributed by atoms with Crippen molar-refractivity contribution in [1.82, 2.24) is 10.2 Å². The van der Waals surface area contributed by atoms with Crippen molar-refractivity contribution in [3.8, 4) is 0 Å². The second-order valence-corrected chi connectivity index (χ2v) is 3.31. The fraction of sp³-hybridized carbons (Fsp3) is 0.875. The lowest BCUT2D eigenvalue weighted by Crippen LogP contribution is -2.46. The van der Waals surface area contributed by atoms with Crippen molar-refractivity contribution in [3.63, 3.8) is 0 Å². The fourth-order valence-corrected chi connectivity index (χ4v) is 1.49. The normalized spacial score (nSPS) is 29.9. The van der Waals surface area contributed by atoms with Crippen molar-refractivity contribution >= 4 is 6.02 Å². The number of rotatable bonds is 0. The molecule has 0 saturated carbocycles. The minimum atomic E-state index is 0.342.